The number of sulfonamides is 1. The fraction of sp³-hybridized carbons (Fsp3) is 0.333. The molecule has 4 rings (SSSR count). The molecule has 2 amide bonds. The normalized spacial score (nSPS) is 19.2. The average molecular weight is 509 g/mol. The number of nitrogens with two attached hydrogens (primary N) is 1. The van der Waals surface area contributed by atoms with Crippen LogP contribution in [0.5, 0.6) is 0 Å². The molecular formula is C27H32N4O4S. The lowest BCUT2D eigenvalue weighted by molar-refractivity contribution is -0.134. The molecule has 1 aliphatic heterocycles. The second kappa shape index (κ2) is 10.4. The average Bonchev–Trinajstić information content (AvgIpc) is 2.84. The number of nitrogens with zero attached hydrogens (tertiary/aromatic N) is 1. The number of carbonyl (C=O) groups is 2. The van der Waals surface area contributed by atoms with Crippen LogP contribution in [0.1, 0.15) is 36.2 Å². The maximum Gasteiger partial charge on any atom is 0.255 e. The molecule has 36 heavy (non-hydrogen) atoms. The number of carbonyl (C=O) groups excluding carboxylic acids is 2. The standard InChI is InChI=1S/C27H32N4O4S/c1-17-8-4-5-9-20(17)26(32)29-24-12-6-11-22-21(24)10-7-13-25(22)36(34,35)30-23-14-15-31(16-18(23)2)27(33)19(3)28/h4-13,18-19,23,30H,14-16,28H2,1-3H3,(H,29,32)/t18-,19+,23-/m0/s1. The summed E-state index contributed by atoms with van der Waals surface area (Å²) in [5.41, 5.74) is 7.68. The van der Waals surface area contributed by atoms with Gasteiger partial charge in [0.05, 0.1) is 10.9 Å². The summed E-state index contributed by atoms with van der Waals surface area (Å²) >= 11 is 0. The smallest absolute Gasteiger partial charge is 0.255 e. The van der Waals surface area contributed by atoms with Crippen LogP contribution in [0, 0.1) is 12.8 Å². The van der Waals surface area contributed by atoms with Crippen molar-refractivity contribution in [3.63, 3.8) is 0 Å². The predicted octanol–water partition coefficient (Wildman–Crippen LogP) is 3.26. The van der Waals surface area contributed by atoms with Gasteiger partial charge in [0, 0.05) is 41.2 Å². The second-order valence-electron chi connectivity index (χ2n) is 9.49. The number of amides is 2. The molecule has 0 saturated carbocycles. The second-order valence-corrected chi connectivity index (χ2v) is 11.2. The number of benzene rings is 3. The molecule has 1 aliphatic rings. The van der Waals surface area contributed by atoms with E-state index in [4.69, 9.17) is 5.73 Å². The van der Waals surface area contributed by atoms with E-state index in [1.807, 2.05) is 26.0 Å². The first kappa shape index (κ1) is 25.8. The van der Waals surface area contributed by atoms with Crippen LogP contribution in [0.3, 0.4) is 0 Å². The fourth-order valence-electron chi connectivity index (χ4n) is 4.71. The Morgan fingerprint density at radius 2 is 1.72 bits per heavy atom. The van der Waals surface area contributed by atoms with E-state index in [0.29, 0.717) is 41.5 Å². The molecule has 0 aromatic heterocycles. The van der Waals surface area contributed by atoms with E-state index in [0.717, 1.165) is 5.56 Å². The highest BCUT2D eigenvalue weighted by molar-refractivity contribution is 7.89. The number of fused-ring (bicyclic) bond motifs is 1. The fourth-order valence-corrected chi connectivity index (χ4v) is 6.31. The van der Waals surface area contributed by atoms with Gasteiger partial charge in [-0.25, -0.2) is 13.1 Å². The Morgan fingerprint density at radius 1 is 1.03 bits per heavy atom. The van der Waals surface area contributed by atoms with Gasteiger partial charge in [0.25, 0.3) is 5.91 Å². The third-order valence-corrected chi connectivity index (χ3v) is 8.27. The molecule has 4 N–H and O–H groups in total. The van der Waals surface area contributed by atoms with E-state index in [2.05, 4.69) is 10.0 Å². The number of rotatable bonds is 6. The van der Waals surface area contributed by atoms with Crippen LogP contribution >= 0.6 is 0 Å². The van der Waals surface area contributed by atoms with E-state index in [1.54, 1.807) is 60.4 Å². The van der Waals surface area contributed by atoms with Crippen molar-refractivity contribution in [3.8, 4) is 0 Å². The van der Waals surface area contributed by atoms with Crippen LogP contribution in [0.15, 0.2) is 65.6 Å². The summed E-state index contributed by atoms with van der Waals surface area (Å²) in [7, 11) is -3.87. The minimum atomic E-state index is -3.87. The van der Waals surface area contributed by atoms with Crippen molar-refractivity contribution in [2.45, 2.75) is 44.2 Å². The van der Waals surface area contributed by atoms with Crippen LogP contribution < -0.4 is 15.8 Å². The lowest BCUT2D eigenvalue weighted by Crippen LogP contribution is -2.54. The minimum absolute atomic E-state index is 0.0739. The number of hydrogen-bond donors (Lipinski definition) is 3. The minimum Gasteiger partial charge on any atom is -0.341 e. The molecule has 1 fully saturated rings. The maximum absolute atomic E-state index is 13.5. The molecule has 1 heterocycles. The van der Waals surface area contributed by atoms with Crippen molar-refractivity contribution >= 4 is 38.3 Å². The molecule has 0 radical (unpaired) electrons. The van der Waals surface area contributed by atoms with Gasteiger partial charge in [-0.15, -0.1) is 0 Å². The molecule has 3 atom stereocenters. The summed E-state index contributed by atoms with van der Waals surface area (Å²) < 4.78 is 29.8. The zero-order valence-corrected chi connectivity index (χ0v) is 21.5. The monoisotopic (exact) mass is 508 g/mol. The van der Waals surface area contributed by atoms with Gasteiger partial charge in [-0.2, -0.15) is 0 Å². The van der Waals surface area contributed by atoms with Crippen LogP contribution in [0.4, 0.5) is 5.69 Å². The van der Waals surface area contributed by atoms with Crippen molar-refractivity contribution in [1.82, 2.24) is 9.62 Å². The van der Waals surface area contributed by atoms with E-state index in [1.165, 1.54) is 0 Å². The largest absolute Gasteiger partial charge is 0.341 e. The third-order valence-electron chi connectivity index (χ3n) is 6.72. The summed E-state index contributed by atoms with van der Waals surface area (Å²) in [4.78, 5) is 27.0. The van der Waals surface area contributed by atoms with E-state index < -0.39 is 16.1 Å². The number of anilines is 1. The van der Waals surface area contributed by atoms with Crippen molar-refractivity contribution in [2.75, 3.05) is 18.4 Å². The number of aryl methyl sites for hydroxylation is 1. The highest BCUT2D eigenvalue weighted by Gasteiger charge is 2.33. The van der Waals surface area contributed by atoms with E-state index in [-0.39, 0.29) is 28.7 Å². The zero-order chi connectivity index (χ0) is 26.0. The van der Waals surface area contributed by atoms with Crippen molar-refractivity contribution in [1.29, 1.82) is 0 Å². The topological polar surface area (TPSA) is 122 Å². The van der Waals surface area contributed by atoms with Gasteiger partial charge >= 0.3 is 0 Å². The first-order valence-corrected chi connectivity index (χ1v) is 13.5. The Labute approximate surface area is 211 Å². The molecule has 3 aromatic carbocycles. The third kappa shape index (κ3) is 5.28. The van der Waals surface area contributed by atoms with Crippen LogP contribution in [-0.4, -0.2) is 50.3 Å². The van der Waals surface area contributed by atoms with Crippen molar-refractivity contribution in [3.05, 3.63) is 71.8 Å². The molecule has 0 unspecified atom stereocenters. The highest BCUT2D eigenvalue weighted by Crippen LogP contribution is 2.30. The summed E-state index contributed by atoms with van der Waals surface area (Å²) in [6.07, 6.45) is 0.501. The van der Waals surface area contributed by atoms with Gasteiger partial charge in [0.2, 0.25) is 15.9 Å². The first-order valence-electron chi connectivity index (χ1n) is 12.0. The van der Waals surface area contributed by atoms with Gasteiger partial charge in [0.1, 0.15) is 0 Å². The molecule has 8 nitrogen and oxygen atoms in total. The quantitative estimate of drug-likeness (QED) is 0.472. The number of piperidine rings is 1. The lowest BCUT2D eigenvalue weighted by atomic mass is 9.94. The molecule has 0 aliphatic carbocycles. The van der Waals surface area contributed by atoms with Crippen LogP contribution in [-0.2, 0) is 14.8 Å². The summed E-state index contributed by atoms with van der Waals surface area (Å²) in [6, 6.07) is 16.7. The Hall–Kier alpha value is -3.27. The van der Waals surface area contributed by atoms with Gasteiger partial charge in [-0.05, 0) is 49.9 Å². The number of hydrogen-bond acceptors (Lipinski definition) is 5. The van der Waals surface area contributed by atoms with Gasteiger partial charge in [-0.1, -0.05) is 49.4 Å². The van der Waals surface area contributed by atoms with Gasteiger partial charge in [-0.3, -0.25) is 9.59 Å². The summed E-state index contributed by atoms with van der Waals surface area (Å²) in [5.74, 6) is -0.457. The van der Waals surface area contributed by atoms with Gasteiger partial charge in [0.15, 0.2) is 0 Å². The van der Waals surface area contributed by atoms with E-state index >= 15 is 0 Å². The predicted molar refractivity (Wildman–Crippen MR) is 141 cm³/mol. The Bertz CT molecular complexity index is 1400. The van der Waals surface area contributed by atoms with Crippen molar-refractivity contribution < 1.29 is 18.0 Å². The molecule has 9 heteroatoms. The van der Waals surface area contributed by atoms with Crippen LogP contribution in [0.25, 0.3) is 10.8 Å². The van der Waals surface area contributed by atoms with Crippen LogP contribution in [0.2, 0.25) is 0 Å². The first-order chi connectivity index (χ1) is 17.1. The molecule has 0 spiro atoms. The van der Waals surface area contributed by atoms with Gasteiger partial charge < -0.3 is 16.0 Å². The molecular weight excluding hydrogens is 476 g/mol. The lowest BCUT2D eigenvalue weighted by Gasteiger charge is -2.37. The highest BCUT2D eigenvalue weighted by atomic mass is 32.2. The Balaban J connectivity index is 1.58. The molecule has 0 bridgehead atoms. The Kier molecular flexibility index (Phi) is 7.44. The SMILES string of the molecule is Cc1ccccc1C(=O)Nc1cccc2c(S(=O)(=O)N[C@H]3CCN(C(=O)[C@@H](C)N)C[C@@H]3C)cccc12. The van der Waals surface area contributed by atoms with Crippen molar-refractivity contribution in [2.24, 2.45) is 11.7 Å². The van der Waals surface area contributed by atoms with E-state index in [9.17, 15) is 18.0 Å². The summed E-state index contributed by atoms with van der Waals surface area (Å²) in [5, 5.41) is 4.08. The molecule has 1 saturated heterocycles. The number of nitrogens with one attached hydrogen (secondary N) is 2. The zero-order valence-electron chi connectivity index (χ0n) is 20.7. The molecule has 3 aromatic rings. The maximum atomic E-state index is 13.5. The number of likely N-dealkylation sites (tertiary alicyclic amines) is 1. The molecule has 190 valence electrons. The summed E-state index contributed by atoms with van der Waals surface area (Å²) in [6.45, 7) is 6.34. The Morgan fingerprint density at radius 3 is 2.42 bits per heavy atom.